The summed E-state index contributed by atoms with van der Waals surface area (Å²) < 4.78 is 11.1. The number of carbonyl (C=O) groups is 3. The van der Waals surface area contributed by atoms with Crippen molar-refractivity contribution >= 4 is 34.9 Å². The maximum absolute atomic E-state index is 12.7. The molecule has 0 saturated heterocycles. The quantitative estimate of drug-likeness (QED) is 0.423. The molecule has 0 saturated carbocycles. The molecule has 1 heterocycles. The molecule has 7 nitrogen and oxygen atoms in total. The standard InChI is InChI=1S/C27H25ClN2O5/c28-21-9-11-22(12-10-21)34-17-24(31)20-8-13-25-23(15-20)30(27(33)18-35-25)14-4-7-26(32)29-16-19-5-2-1-3-6-19/h1-3,5-6,8-13,15H,4,7,14,16-18H2,(H,29,32). The van der Waals surface area contributed by atoms with E-state index >= 15 is 0 Å². The molecular formula is C27H25ClN2O5. The number of nitrogens with one attached hydrogen (secondary N) is 1. The molecule has 4 rings (SSSR count). The molecule has 0 unspecified atom stereocenters. The lowest BCUT2D eigenvalue weighted by Crippen LogP contribution is -2.40. The molecule has 1 aliphatic rings. The molecule has 3 aromatic rings. The minimum absolute atomic E-state index is 0.0832. The van der Waals surface area contributed by atoms with E-state index < -0.39 is 0 Å². The second-order valence-electron chi connectivity index (χ2n) is 8.05. The van der Waals surface area contributed by atoms with Crippen molar-refractivity contribution < 1.29 is 23.9 Å². The summed E-state index contributed by atoms with van der Waals surface area (Å²) in [6.07, 6.45) is 0.754. The Balaban J connectivity index is 1.34. The lowest BCUT2D eigenvalue weighted by atomic mass is 10.1. The predicted molar refractivity (Wildman–Crippen MR) is 133 cm³/mol. The highest BCUT2D eigenvalue weighted by Crippen LogP contribution is 2.33. The summed E-state index contributed by atoms with van der Waals surface area (Å²) in [4.78, 5) is 39.0. The molecule has 2 amide bonds. The zero-order valence-electron chi connectivity index (χ0n) is 19.0. The van der Waals surface area contributed by atoms with Gasteiger partial charge >= 0.3 is 0 Å². The van der Waals surface area contributed by atoms with Gasteiger partial charge in [-0.05, 0) is 54.4 Å². The number of rotatable bonds is 10. The number of ketones is 1. The van der Waals surface area contributed by atoms with E-state index in [0.29, 0.717) is 47.3 Å². The SMILES string of the molecule is O=C(CCCN1C(=O)COc2ccc(C(=O)COc3ccc(Cl)cc3)cc21)NCc1ccccc1. The maximum atomic E-state index is 12.7. The van der Waals surface area contributed by atoms with E-state index in [2.05, 4.69) is 5.32 Å². The van der Waals surface area contributed by atoms with Crippen LogP contribution in [0.1, 0.15) is 28.8 Å². The molecular weight excluding hydrogens is 468 g/mol. The Morgan fingerprint density at radius 1 is 1.03 bits per heavy atom. The highest BCUT2D eigenvalue weighted by molar-refractivity contribution is 6.30. The third-order valence-corrected chi connectivity index (χ3v) is 5.78. The maximum Gasteiger partial charge on any atom is 0.265 e. The van der Waals surface area contributed by atoms with Gasteiger partial charge in [0.2, 0.25) is 5.91 Å². The van der Waals surface area contributed by atoms with E-state index in [1.807, 2.05) is 30.3 Å². The van der Waals surface area contributed by atoms with Crippen LogP contribution in [-0.2, 0) is 16.1 Å². The second kappa shape index (κ2) is 11.5. The van der Waals surface area contributed by atoms with Gasteiger partial charge in [-0.1, -0.05) is 41.9 Å². The number of hydrogen-bond acceptors (Lipinski definition) is 5. The van der Waals surface area contributed by atoms with E-state index in [1.54, 1.807) is 47.4 Å². The van der Waals surface area contributed by atoms with Gasteiger partial charge in [-0.2, -0.15) is 0 Å². The lowest BCUT2D eigenvalue weighted by Gasteiger charge is -2.29. The third-order valence-electron chi connectivity index (χ3n) is 5.53. The van der Waals surface area contributed by atoms with Gasteiger partial charge in [-0.3, -0.25) is 14.4 Å². The van der Waals surface area contributed by atoms with Crippen LogP contribution in [0, 0.1) is 0 Å². The lowest BCUT2D eigenvalue weighted by molar-refractivity contribution is -0.123. The van der Waals surface area contributed by atoms with Crippen LogP contribution in [0.2, 0.25) is 5.02 Å². The number of halogens is 1. The number of anilines is 1. The van der Waals surface area contributed by atoms with Crippen molar-refractivity contribution in [2.24, 2.45) is 0 Å². The molecule has 35 heavy (non-hydrogen) atoms. The summed E-state index contributed by atoms with van der Waals surface area (Å²) in [5.74, 6) is 0.517. The van der Waals surface area contributed by atoms with Crippen molar-refractivity contribution in [1.82, 2.24) is 5.32 Å². The highest BCUT2D eigenvalue weighted by Gasteiger charge is 2.26. The van der Waals surface area contributed by atoms with Gasteiger partial charge in [-0.25, -0.2) is 0 Å². The molecule has 1 aliphatic heterocycles. The van der Waals surface area contributed by atoms with Crippen molar-refractivity contribution in [2.75, 3.05) is 24.7 Å². The number of Topliss-reactive ketones (excluding diaryl/α,β-unsaturated/α-hetero) is 1. The van der Waals surface area contributed by atoms with Crippen molar-refractivity contribution in [2.45, 2.75) is 19.4 Å². The molecule has 8 heteroatoms. The molecule has 0 aromatic heterocycles. The predicted octanol–water partition coefficient (Wildman–Crippen LogP) is 4.42. The van der Waals surface area contributed by atoms with Gasteiger partial charge in [0.05, 0.1) is 5.69 Å². The Morgan fingerprint density at radius 2 is 1.80 bits per heavy atom. The van der Waals surface area contributed by atoms with Gasteiger partial charge in [-0.15, -0.1) is 0 Å². The largest absolute Gasteiger partial charge is 0.485 e. The number of amides is 2. The van der Waals surface area contributed by atoms with Crippen LogP contribution in [0.3, 0.4) is 0 Å². The summed E-state index contributed by atoms with van der Waals surface area (Å²) in [5, 5.41) is 3.47. The Hall–Kier alpha value is -3.84. The molecule has 0 spiro atoms. The second-order valence-corrected chi connectivity index (χ2v) is 8.48. The van der Waals surface area contributed by atoms with Gasteiger partial charge in [0.25, 0.3) is 5.91 Å². The van der Waals surface area contributed by atoms with Crippen molar-refractivity contribution in [1.29, 1.82) is 0 Å². The molecule has 0 aliphatic carbocycles. The van der Waals surface area contributed by atoms with Crippen LogP contribution in [0.15, 0.2) is 72.8 Å². The normalized spacial score (nSPS) is 12.5. The number of benzene rings is 3. The molecule has 0 bridgehead atoms. The Morgan fingerprint density at radius 3 is 2.57 bits per heavy atom. The average molecular weight is 493 g/mol. The molecule has 180 valence electrons. The zero-order valence-corrected chi connectivity index (χ0v) is 19.8. The van der Waals surface area contributed by atoms with E-state index in [0.717, 1.165) is 5.56 Å². The first-order chi connectivity index (χ1) is 17.0. The van der Waals surface area contributed by atoms with Crippen LogP contribution in [0.25, 0.3) is 0 Å². The zero-order chi connectivity index (χ0) is 24.6. The molecule has 0 atom stereocenters. The summed E-state index contributed by atoms with van der Waals surface area (Å²) in [7, 11) is 0. The minimum atomic E-state index is -0.235. The smallest absolute Gasteiger partial charge is 0.265 e. The Kier molecular flexibility index (Phi) is 8.00. The minimum Gasteiger partial charge on any atom is -0.485 e. The summed E-state index contributed by atoms with van der Waals surface area (Å²) in [6, 6.07) is 21.4. The number of fused-ring (bicyclic) bond motifs is 1. The van der Waals surface area contributed by atoms with Crippen molar-refractivity contribution in [3.05, 3.63) is 88.9 Å². The topological polar surface area (TPSA) is 84.9 Å². The van der Waals surface area contributed by atoms with Crippen LogP contribution in [0.4, 0.5) is 5.69 Å². The van der Waals surface area contributed by atoms with Gasteiger partial charge < -0.3 is 19.7 Å². The fourth-order valence-corrected chi connectivity index (χ4v) is 3.79. The van der Waals surface area contributed by atoms with Crippen LogP contribution in [0.5, 0.6) is 11.5 Å². The van der Waals surface area contributed by atoms with Gasteiger partial charge in [0.1, 0.15) is 11.5 Å². The average Bonchev–Trinajstić information content (AvgIpc) is 2.88. The monoisotopic (exact) mass is 492 g/mol. The van der Waals surface area contributed by atoms with Gasteiger partial charge in [0.15, 0.2) is 19.0 Å². The third kappa shape index (κ3) is 6.61. The van der Waals surface area contributed by atoms with Crippen molar-refractivity contribution in [3.8, 4) is 11.5 Å². The van der Waals surface area contributed by atoms with E-state index in [-0.39, 0.29) is 37.2 Å². The van der Waals surface area contributed by atoms with Crippen LogP contribution < -0.4 is 19.7 Å². The summed E-state index contributed by atoms with van der Waals surface area (Å²) >= 11 is 5.87. The van der Waals surface area contributed by atoms with Crippen LogP contribution >= 0.6 is 11.6 Å². The Labute approximate surface area is 208 Å². The summed E-state index contributed by atoms with van der Waals surface area (Å²) in [6.45, 7) is 0.562. The highest BCUT2D eigenvalue weighted by atomic mass is 35.5. The number of carbonyl (C=O) groups excluding carboxylic acids is 3. The molecule has 0 radical (unpaired) electrons. The van der Waals surface area contributed by atoms with Crippen LogP contribution in [-0.4, -0.2) is 37.4 Å². The molecule has 1 N–H and O–H groups in total. The number of nitrogens with zero attached hydrogens (tertiary/aromatic N) is 1. The molecule has 3 aromatic carbocycles. The van der Waals surface area contributed by atoms with Crippen molar-refractivity contribution in [3.63, 3.8) is 0 Å². The van der Waals surface area contributed by atoms with E-state index in [4.69, 9.17) is 21.1 Å². The fraction of sp³-hybridized carbons (Fsp3) is 0.222. The van der Waals surface area contributed by atoms with Gasteiger partial charge in [0, 0.05) is 30.1 Å². The number of hydrogen-bond donors (Lipinski definition) is 1. The fourth-order valence-electron chi connectivity index (χ4n) is 3.67. The first-order valence-corrected chi connectivity index (χ1v) is 11.7. The Bertz CT molecular complexity index is 1200. The molecule has 0 fully saturated rings. The first-order valence-electron chi connectivity index (χ1n) is 11.3. The summed E-state index contributed by atoms with van der Waals surface area (Å²) in [5.41, 5.74) is 1.94. The van der Waals surface area contributed by atoms with E-state index in [9.17, 15) is 14.4 Å². The van der Waals surface area contributed by atoms with E-state index in [1.165, 1.54) is 0 Å². The number of ether oxygens (including phenoxy) is 2. The first kappa shape index (κ1) is 24.3.